The van der Waals surface area contributed by atoms with Crippen molar-refractivity contribution in [3.8, 4) is 0 Å². The fourth-order valence-corrected chi connectivity index (χ4v) is 1.19. The summed E-state index contributed by atoms with van der Waals surface area (Å²) in [4.78, 5) is 0. The number of benzene rings is 1. The van der Waals surface area contributed by atoms with Gasteiger partial charge in [0.15, 0.2) is 0 Å². The summed E-state index contributed by atoms with van der Waals surface area (Å²) >= 11 is 0. The highest BCUT2D eigenvalue weighted by atomic mass is 14.3. The van der Waals surface area contributed by atoms with Crippen LogP contribution in [0.5, 0.6) is 0 Å². The van der Waals surface area contributed by atoms with Gasteiger partial charge in [-0.2, -0.15) is 0 Å². The third-order valence-electron chi connectivity index (χ3n) is 2.54. The molecule has 0 heteroatoms. The Morgan fingerprint density at radius 3 is 2.08 bits per heavy atom. The maximum atomic E-state index is 3.04. The molecule has 1 radical (unpaired) electrons. The van der Waals surface area contributed by atoms with E-state index in [2.05, 4.69) is 45.9 Å². The Kier molecular flexibility index (Phi) is 2.56. The van der Waals surface area contributed by atoms with E-state index in [-0.39, 0.29) is 0 Å². The van der Waals surface area contributed by atoms with Gasteiger partial charge in [-0.1, -0.05) is 52.0 Å². The van der Waals surface area contributed by atoms with Gasteiger partial charge >= 0.3 is 0 Å². The zero-order chi connectivity index (χ0) is 9.19. The van der Waals surface area contributed by atoms with Crippen LogP contribution in [0.4, 0.5) is 0 Å². The summed E-state index contributed by atoms with van der Waals surface area (Å²) in [6, 6.07) is 11.3. The van der Waals surface area contributed by atoms with Gasteiger partial charge in [0, 0.05) is 0 Å². The van der Waals surface area contributed by atoms with Crippen LogP contribution in [0.25, 0.3) is 0 Å². The fraction of sp³-hybridized carbons (Fsp3) is 0.500. The minimum atomic E-state index is 0.349. The van der Waals surface area contributed by atoms with E-state index in [0.29, 0.717) is 11.3 Å². The summed E-state index contributed by atoms with van der Waals surface area (Å²) < 4.78 is 0. The highest BCUT2D eigenvalue weighted by molar-refractivity contribution is 5.19. The van der Waals surface area contributed by atoms with Crippen molar-refractivity contribution in [2.45, 2.75) is 33.6 Å². The Morgan fingerprint density at radius 1 is 1.17 bits per heavy atom. The van der Waals surface area contributed by atoms with E-state index in [0.717, 1.165) is 0 Å². The van der Waals surface area contributed by atoms with Crippen molar-refractivity contribution >= 4 is 0 Å². The summed E-state index contributed by atoms with van der Waals surface area (Å²) in [5, 5.41) is 0. The van der Waals surface area contributed by atoms with Gasteiger partial charge in [-0.05, 0) is 23.0 Å². The van der Waals surface area contributed by atoms with Crippen LogP contribution in [-0.4, -0.2) is 0 Å². The van der Waals surface area contributed by atoms with Gasteiger partial charge in [0.25, 0.3) is 0 Å². The van der Waals surface area contributed by atoms with Crippen LogP contribution < -0.4 is 0 Å². The summed E-state index contributed by atoms with van der Waals surface area (Å²) in [5.74, 6) is 0.604. The molecule has 0 saturated heterocycles. The highest BCUT2D eigenvalue weighted by Crippen LogP contribution is 2.33. The summed E-state index contributed by atoms with van der Waals surface area (Å²) in [6.07, 6.45) is 0. The highest BCUT2D eigenvalue weighted by Gasteiger charge is 2.20. The maximum Gasteiger partial charge on any atom is -0.0142 e. The van der Waals surface area contributed by atoms with E-state index in [1.54, 1.807) is 0 Å². The first-order valence-electron chi connectivity index (χ1n) is 4.48. The zero-order valence-electron chi connectivity index (χ0n) is 8.39. The lowest BCUT2D eigenvalue weighted by molar-refractivity contribution is 0.339. The van der Waals surface area contributed by atoms with Crippen molar-refractivity contribution < 1.29 is 0 Å². The average molecular weight is 161 g/mol. The minimum absolute atomic E-state index is 0.349. The first kappa shape index (κ1) is 9.31. The zero-order valence-corrected chi connectivity index (χ0v) is 8.39. The molecule has 0 fully saturated rings. The second kappa shape index (κ2) is 3.30. The third kappa shape index (κ3) is 2.10. The summed E-state index contributed by atoms with van der Waals surface area (Å²) in [7, 11) is 0. The molecule has 0 heterocycles. The van der Waals surface area contributed by atoms with Gasteiger partial charge < -0.3 is 0 Å². The lowest BCUT2D eigenvalue weighted by atomic mass is 9.78. The molecule has 1 aromatic carbocycles. The summed E-state index contributed by atoms with van der Waals surface area (Å²) in [6.45, 7) is 9.09. The number of hydrogen-bond acceptors (Lipinski definition) is 0. The molecule has 0 N–H and O–H groups in total. The van der Waals surface area contributed by atoms with Crippen LogP contribution >= 0.6 is 0 Å². The van der Waals surface area contributed by atoms with Crippen LogP contribution in [0, 0.1) is 11.5 Å². The Labute approximate surface area is 75.6 Å². The van der Waals surface area contributed by atoms with Gasteiger partial charge in [0.05, 0.1) is 0 Å². The molecule has 0 aromatic heterocycles. The molecule has 0 amide bonds. The van der Waals surface area contributed by atoms with E-state index in [9.17, 15) is 0 Å². The monoisotopic (exact) mass is 161 g/mol. The molecule has 0 saturated carbocycles. The number of hydrogen-bond donors (Lipinski definition) is 0. The van der Waals surface area contributed by atoms with E-state index in [1.807, 2.05) is 12.1 Å². The first-order valence-corrected chi connectivity index (χ1v) is 4.48. The van der Waals surface area contributed by atoms with Crippen molar-refractivity contribution in [2.75, 3.05) is 0 Å². The maximum absolute atomic E-state index is 3.04. The molecule has 0 spiro atoms. The molecule has 0 nitrogen and oxygen atoms in total. The van der Waals surface area contributed by atoms with E-state index in [4.69, 9.17) is 0 Å². The van der Waals surface area contributed by atoms with Crippen LogP contribution in [0.1, 0.15) is 39.2 Å². The molecule has 1 unspecified atom stereocenters. The standard InChI is InChI=1S/C12H17/c1-10(12(2,3)4)11-8-6-5-7-9-11/h6-10H,1-4H3. The summed E-state index contributed by atoms with van der Waals surface area (Å²) in [5.41, 5.74) is 1.75. The second-order valence-electron chi connectivity index (χ2n) is 4.42. The van der Waals surface area contributed by atoms with Gasteiger partial charge in [0.1, 0.15) is 0 Å². The van der Waals surface area contributed by atoms with E-state index in [1.165, 1.54) is 5.56 Å². The molecule has 12 heavy (non-hydrogen) atoms. The molecule has 65 valence electrons. The predicted molar refractivity (Wildman–Crippen MR) is 53.1 cm³/mol. The van der Waals surface area contributed by atoms with Gasteiger partial charge in [0.2, 0.25) is 0 Å². The Hall–Kier alpha value is -0.780. The average Bonchev–Trinajstić information content (AvgIpc) is 2.03. The van der Waals surface area contributed by atoms with Crippen LogP contribution in [-0.2, 0) is 0 Å². The van der Waals surface area contributed by atoms with Crippen molar-refractivity contribution in [1.29, 1.82) is 0 Å². The Balaban J connectivity index is 2.86. The molecule has 0 aliphatic rings. The normalized spacial score (nSPS) is 14.3. The minimum Gasteiger partial charge on any atom is -0.0596 e. The molecule has 1 aromatic rings. The molecular weight excluding hydrogens is 144 g/mol. The number of rotatable bonds is 1. The lowest BCUT2D eigenvalue weighted by Gasteiger charge is -2.27. The fourth-order valence-electron chi connectivity index (χ4n) is 1.19. The van der Waals surface area contributed by atoms with Gasteiger partial charge in [-0.3, -0.25) is 0 Å². The van der Waals surface area contributed by atoms with Gasteiger partial charge in [-0.15, -0.1) is 0 Å². The molecule has 1 atom stereocenters. The van der Waals surface area contributed by atoms with Crippen LogP contribution in [0.15, 0.2) is 24.3 Å². The predicted octanol–water partition coefficient (Wildman–Crippen LogP) is 3.64. The van der Waals surface area contributed by atoms with Crippen LogP contribution in [0.2, 0.25) is 0 Å². The lowest BCUT2D eigenvalue weighted by Crippen LogP contribution is -2.14. The quantitative estimate of drug-likeness (QED) is 0.590. The Morgan fingerprint density at radius 2 is 1.67 bits per heavy atom. The molecule has 0 bridgehead atoms. The van der Waals surface area contributed by atoms with E-state index < -0.39 is 0 Å². The van der Waals surface area contributed by atoms with E-state index >= 15 is 0 Å². The molecule has 0 aliphatic carbocycles. The topological polar surface area (TPSA) is 0 Å². The smallest absolute Gasteiger partial charge is 0.0142 e. The Bertz CT molecular complexity index is 228. The second-order valence-corrected chi connectivity index (χ2v) is 4.42. The molecule has 0 aliphatic heterocycles. The molecular formula is C12H17. The van der Waals surface area contributed by atoms with Gasteiger partial charge in [-0.25, -0.2) is 0 Å². The van der Waals surface area contributed by atoms with Crippen LogP contribution in [0.3, 0.4) is 0 Å². The SMILES string of the molecule is CC(c1cc[c]cc1)C(C)(C)C. The molecule has 1 rings (SSSR count). The first-order chi connectivity index (χ1) is 5.52. The third-order valence-corrected chi connectivity index (χ3v) is 2.54. The van der Waals surface area contributed by atoms with Crippen molar-refractivity contribution in [3.05, 3.63) is 35.9 Å². The van der Waals surface area contributed by atoms with Crippen molar-refractivity contribution in [2.24, 2.45) is 5.41 Å². The largest absolute Gasteiger partial charge is 0.0596 e. The van der Waals surface area contributed by atoms with Crippen molar-refractivity contribution in [1.82, 2.24) is 0 Å². The van der Waals surface area contributed by atoms with Crippen molar-refractivity contribution in [3.63, 3.8) is 0 Å².